The highest BCUT2D eigenvalue weighted by Crippen LogP contribution is 2.12. The lowest BCUT2D eigenvalue weighted by molar-refractivity contribution is 0.0593. The molecule has 0 saturated heterocycles. The number of hydrogen-bond acceptors (Lipinski definition) is 6. The van der Waals surface area contributed by atoms with Crippen molar-refractivity contribution >= 4 is 5.97 Å². The largest absolute Gasteiger partial charge is 0.464 e. The molecule has 0 radical (unpaired) electrons. The van der Waals surface area contributed by atoms with Gasteiger partial charge in [-0.05, 0) is 5.56 Å². The van der Waals surface area contributed by atoms with E-state index in [-0.39, 0.29) is 18.2 Å². The van der Waals surface area contributed by atoms with Crippen LogP contribution in [0.1, 0.15) is 28.0 Å². The molecule has 0 bridgehead atoms. The summed E-state index contributed by atoms with van der Waals surface area (Å²) in [6.07, 6.45) is 1.22. The number of nitrogens with zero attached hydrogens (tertiary/aromatic N) is 1. The van der Waals surface area contributed by atoms with E-state index in [1.807, 2.05) is 30.3 Å². The van der Waals surface area contributed by atoms with Crippen molar-refractivity contribution < 1.29 is 18.7 Å². The molecule has 0 amide bonds. The Morgan fingerprint density at radius 1 is 1.40 bits per heavy atom. The molecular weight excluding hydrogens is 260 g/mol. The van der Waals surface area contributed by atoms with Crippen LogP contribution in [0.4, 0.5) is 0 Å². The van der Waals surface area contributed by atoms with Gasteiger partial charge in [-0.15, -0.1) is 0 Å². The van der Waals surface area contributed by atoms with Crippen LogP contribution < -0.4 is 5.73 Å². The summed E-state index contributed by atoms with van der Waals surface area (Å²) in [7, 11) is 1.28. The number of ether oxygens (including phenoxy) is 2. The van der Waals surface area contributed by atoms with Gasteiger partial charge in [-0.1, -0.05) is 30.3 Å². The molecule has 2 aromatic rings. The second-order valence-corrected chi connectivity index (χ2v) is 4.17. The first-order valence-electron chi connectivity index (χ1n) is 6.11. The van der Waals surface area contributed by atoms with Gasteiger partial charge in [0.25, 0.3) is 0 Å². The zero-order valence-electron chi connectivity index (χ0n) is 11.1. The third kappa shape index (κ3) is 3.66. The normalized spacial score (nSPS) is 12.1. The molecule has 2 rings (SSSR count). The maximum atomic E-state index is 11.2. The smallest absolute Gasteiger partial charge is 0.360 e. The van der Waals surface area contributed by atoms with Crippen LogP contribution in [-0.4, -0.2) is 24.7 Å². The zero-order chi connectivity index (χ0) is 14.4. The van der Waals surface area contributed by atoms with Crippen LogP contribution in [0.25, 0.3) is 0 Å². The molecule has 0 saturated carbocycles. The van der Waals surface area contributed by atoms with Gasteiger partial charge in [0.15, 0.2) is 5.69 Å². The third-order valence-corrected chi connectivity index (χ3v) is 2.64. The van der Waals surface area contributed by atoms with E-state index in [4.69, 9.17) is 14.9 Å². The molecule has 0 fully saturated rings. The lowest BCUT2D eigenvalue weighted by Gasteiger charge is -2.08. The summed E-state index contributed by atoms with van der Waals surface area (Å²) in [5.74, 6) is -0.309. The van der Waals surface area contributed by atoms with Crippen LogP contribution in [0.5, 0.6) is 0 Å². The fourth-order valence-electron chi connectivity index (χ4n) is 1.61. The van der Waals surface area contributed by atoms with Gasteiger partial charge in [-0.25, -0.2) is 9.78 Å². The van der Waals surface area contributed by atoms with Gasteiger partial charge in [0, 0.05) is 0 Å². The Balaban J connectivity index is 1.84. The van der Waals surface area contributed by atoms with Crippen LogP contribution >= 0.6 is 0 Å². The second-order valence-electron chi connectivity index (χ2n) is 4.17. The molecule has 1 aromatic carbocycles. The lowest BCUT2D eigenvalue weighted by atomic mass is 10.2. The van der Waals surface area contributed by atoms with Crippen LogP contribution in [0, 0.1) is 0 Å². The van der Waals surface area contributed by atoms with Crippen LogP contribution in [0.3, 0.4) is 0 Å². The van der Waals surface area contributed by atoms with Crippen molar-refractivity contribution in [1.29, 1.82) is 0 Å². The number of hydrogen-bond donors (Lipinski definition) is 1. The Bertz CT molecular complexity index is 553. The highest BCUT2D eigenvalue weighted by molar-refractivity contribution is 5.86. The van der Waals surface area contributed by atoms with Crippen molar-refractivity contribution in [3.63, 3.8) is 0 Å². The Hall–Kier alpha value is -2.18. The first kappa shape index (κ1) is 14.2. The number of nitrogens with two attached hydrogens (primary N) is 1. The van der Waals surface area contributed by atoms with E-state index >= 15 is 0 Å². The molecule has 1 heterocycles. The van der Waals surface area contributed by atoms with E-state index in [1.165, 1.54) is 13.4 Å². The molecule has 106 valence electrons. The van der Waals surface area contributed by atoms with Crippen molar-refractivity contribution in [2.45, 2.75) is 12.6 Å². The van der Waals surface area contributed by atoms with E-state index in [0.717, 1.165) is 5.56 Å². The molecule has 0 aliphatic heterocycles. The van der Waals surface area contributed by atoms with E-state index in [9.17, 15) is 4.79 Å². The molecule has 0 aliphatic carbocycles. The number of carbonyl (C=O) groups is 1. The molecule has 0 unspecified atom stereocenters. The topological polar surface area (TPSA) is 87.6 Å². The van der Waals surface area contributed by atoms with Crippen molar-refractivity contribution in [1.82, 2.24) is 4.98 Å². The summed E-state index contributed by atoms with van der Waals surface area (Å²) in [6.45, 7) is 0.703. The minimum absolute atomic E-state index is 0.0982. The van der Waals surface area contributed by atoms with Gasteiger partial charge in [0.1, 0.15) is 12.3 Å². The zero-order valence-corrected chi connectivity index (χ0v) is 11.1. The maximum Gasteiger partial charge on any atom is 0.360 e. The third-order valence-electron chi connectivity index (χ3n) is 2.64. The molecule has 2 N–H and O–H groups in total. The predicted octanol–water partition coefficient (Wildman–Crippen LogP) is 1.68. The van der Waals surface area contributed by atoms with E-state index in [2.05, 4.69) is 9.72 Å². The number of rotatable bonds is 6. The molecule has 1 aromatic heterocycles. The number of methoxy groups -OCH3 is 1. The van der Waals surface area contributed by atoms with Crippen molar-refractivity contribution in [3.8, 4) is 0 Å². The highest BCUT2D eigenvalue weighted by atomic mass is 16.5. The summed E-state index contributed by atoms with van der Waals surface area (Å²) in [5, 5.41) is 0. The summed E-state index contributed by atoms with van der Waals surface area (Å²) in [4.78, 5) is 15.2. The average Bonchev–Trinajstić information content (AvgIpc) is 2.97. The predicted molar refractivity (Wildman–Crippen MR) is 70.9 cm³/mol. The molecule has 6 nitrogen and oxygen atoms in total. The summed E-state index contributed by atoms with van der Waals surface area (Å²) in [6, 6.07) is 9.22. The monoisotopic (exact) mass is 276 g/mol. The van der Waals surface area contributed by atoms with Gasteiger partial charge in [0.2, 0.25) is 5.89 Å². The molecule has 1 atom stereocenters. The standard InChI is InChI=1S/C14H16N2O4/c1-18-14(17)12-9-20-13(16-12)11(15)8-19-7-10-5-3-2-4-6-10/h2-6,9,11H,7-8,15H2,1H3/t11-/m0/s1. The minimum Gasteiger partial charge on any atom is -0.464 e. The molecule has 6 heteroatoms. The number of oxazole rings is 1. The SMILES string of the molecule is COC(=O)c1coc([C@@H](N)COCc2ccccc2)n1. The fraction of sp³-hybridized carbons (Fsp3) is 0.286. The Kier molecular flexibility index (Phi) is 4.86. The minimum atomic E-state index is -0.558. The van der Waals surface area contributed by atoms with E-state index in [0.29, 0.717) is 6.61 Å². The van der Waals surface area contributed by atoms with Gasteiger partial charge >= 0.3 is 5.97 Å². The van der Waals surface area contributed by atoms with Crippen molar-refractivity contribution in [3.05, 3.63) is 53.7 Å². The first-order chi connectivity index (χ1) is 9.70. The Morgan fingerprint density at radius 2 is 2.15 bits per heavy atom. The van der Waals surface area contributed by atoms with Gasteiger partial charge in [0.05, 0.1) is 20.3 Å². The Morgan fingerprint density at radius 3 is 2.85 bits per heavy atom. The van der Waals surface area contributed by atoms with Gasteiger partial charge < -0.3 is 19.6 Å². The van der Waals surface area contributed by atoms with Gasteiger partial charge in [-0.3, -0.25) is 0 Å². The molecular formula is C14H16N2O4. The second kappa shape index (κ2) is 6.83. The fourth-order valence-corrected chi connectivity index (χ4v) is 1.61. The first-order valence-corrected chi connectivity index (χ1v) is 6.11. The lowest BCUT2D eigenvalue weighted by Crippen LogP contribution is -2.18. The number of benzene rings is 1. The van der Waals surface area contributed by atoms with Gasteiger partial charge in [-0.2, -0.15) is 0 Å². The maximum absolute atomic E-state index is 11.2. The van der Waals surface area contributed by atoms with Crippen LogP contribution in [0.15, 0.2) is 41.0 Å². The van der Waals surface area contributed by atoms with Crippen LogP contribution in [-0.2, 0) is 16.1 Å². The molecule has 0 spiro atoms. The highest BCUT2D eigenvalue weighted by Gasteiger charge is 2.17. The number of aromatic nitrogens is 1. The van der Waals surface area contributed by atoms with Crippen molar-refractivity contribution in [2.24, 2.45) is 5.73 Å². The van der Waals surface area contributed by atoms with Crippen LogP contribution in [0.2, 0.25) is 0 Å². The quantitative estimate of drug-likeness (QED) is 0.808. The number of esters is 1. The van der Waals surface area contributed by atoms with Crippen molar-refractivity contribution in [2.75, 3.05) is 13.7 Å². The van der Waals surface area contributed by atoms with E-state index in [1.54, 1.807) is 0 Å². The summed E-state index contributed by atoms with van der Waals surface area (Å²) in [5.41, 5.74) is 7.04. The summed E-state index contributed by atoms with van der Waals surface area (Å²) >= 11 is 0. The Labute approximate surface area is 116 Å². The number of carbonyl (C=O) groups excluding carboxylic acids is 1. The summed E-state index contributed by atoms with van der Waals surface area (Å²) < 4.78 is 15.2. The average molecular weight is 276 g/mol. The molecule has 0 aliphatic rings. The van der Waals surface area contributed by atoms with E-state index < -0.39 is 12.0 Å². The molecule has 20 heavy (non-hydrogen) atoms.